The van der Waals surface area contributed by atoms with Crippen LogP contribution in [-0.2, 0) is 17.8 Å². The molecular formula is C18H24N4OS. The van der Waals surface area contributed by atoms with Crippen molar-refractivity contribution in [3.63, 3.8) is 0 Å². The Hall–Kier alpha value is -1.95. The number of carbonyl (C=O) groups is 1. The first-order chi connectivity index (χ1) is 11.6. The summed E-state index contributed by atoms with van der Waals surface area (Å²) in [6.07, 6.45) is 3.74. The summed E-state index contributed by atoms with van der Waals surface area (Å²) in [5.41, 5.74) is 2.22. The Kier molecular flexibility index (Phi) is 5.45. The first-order valence-corrected chi connectivity index (χ1v) is 9.39. The standard InChI is InChI=1S/C18H24N4OS/c1-13-7-10-24-15(13)5-6-18(23)19-12-16-20-14(2)11-17(21-16)22-8-3-4-9-22/h7,10-11H,3-6,8-9,12H2,1-2H3,(H,19,23). The Morgan fingerprint density at radius 3 is 2.79 bits per heavy atom. The maximum Gasteiger partial charge on any atom is 0.220 e. The van der Waals surface area contributed by atoms with Crippen LogP contribution in [0.15, 0.2) is 17.5 Å². The molecule has 0 bridgehead atoms. The molecule has 1 amide bonds. The van der Waals surface area contributed by atoms with Gasteiger partial charge in [0.1, 0.15) is 11.6 Å². The molecule has 1 N–H and O–H groups in total. The minimum atomic E-state index is 0.0515. The van der Waals surface area contributed by atoms with Gasteiger partial charge in [-0.1, -0.05) is 0 Å². The zero-order valence-corrected chi connectivity index (χ0v) is 15.2. The van der Waals surface area contributed by atoms with Crippen LogP contribution < -0.4 is 10.2 Å². The molecule has 0 unspecified atom stereocenters. The Morgan fingerprint density at radius 2 is 2.08 bits per heavy atom. The van der Waals surface area contributed by atoms with E-state index in [2.05, 4.69) is 38.6 Å². The van der Waals surface area contributed by atoms with Crippen molar-refractivity contribution in [3.05, 3.63) is 39.5 Å². The third-order valence-electron chi connectivity index (χ3n) is 4.31. The number of hydrogen-bond acceptors (Lipinski definition) is 5. The molecule has 1 aliphatic heterocycles. The fourth-order valence-corrected chi connectivity index (χ4v) is 3.86. The van der Waals surface area contributed by atoms with E-state index in [1.165, 1.54) is 23.3 Å². The molecule has 1 fully saturated rings. The fraction of sp³-hybridized carbons (Fsp3) is 0.500. The Balaban J connectivity index is 1.54. The molecule has 2 aromatic rings. The summed E-state index contributed by atoms with van der Waals surface area (Å²) >= 11 is 1.71. The third-order valence-corrected chi connectivity index (χ3v) is 5.39. The van der Waals surface area contributed by atoms with E-state index in [1.807, 2.05) is 13.0 Å². The molecule has 5 nitrogen and oxygen atoms in total. The minimum Gasteiger partial charge on any atom is -0.357 e. The lowest BCUT2D eigenvalue weighted by Crippen LogP contribution is -2.25. The molecule has 0 radical (unpaired) electrons. The van der Waals surface area contributed by atoms with E-state index < -0.39 is 0 Å². The largest absolute Gasteiger partial charge is 0.357 e. The van der Waals surface area contributed by atoms with Gasteiger partial charge in [-0.2, -0.15) is 0 Å². The quantitative estimate of drug-likeness (QED) is 0.875. The van der Waals surface area contributed by atoms with Crippen molar-refractivity contribution in [3.8, 4) is 0 Å². The highest BCUT2D eigenvalue weighted by atomic mass is 32.1. The van der Waals surface area contributed by atoms with E-state index in [0.717, 1.165) is 31.0 Å². The molecule has 6 heteroatoms. The maximum absolute atomic E-state index is 12.1. The van der Waals surface area contributed by atoms with Crippen LogP contribution >= 0.6 is 11.3 Å². The minimum absolute atomic E-state index is 0.0515. The van der Waals surface area contributed by atoms with Crippen LogP contribution in [0.2, 0.25) is 0 Å². The van der Waals surface area contributed by atoms with Crippen molar-refractivity contribution in [1.29, 1.82) is 0 Å². The summed E-state index contributed by atoms with van der Waals surface area (Å²) in [7, 11) is 0. The fourth-order valence-electron chi connectivity index (χ4n) is 2.95. The number of nitrogens with one attached hydrogen (secondary N) is 1. The highest BCUT2D eigenvalue weighted by Gasteiger charge is 2.15. The Labute approximate surface area is 147 Å². The van der Waals surface area contributed by atoms with E-state index in [-0.39, 0.29) is 5.91 Å². The summed E-state index contributed by atoms with van der Waals surface area (Å²) < 4.78 is 0. The second-order valence-corrected chi connectivity index (χ2v) is 7.28. The van der Waals surface area contributed by atoms with Crippen molar-refractivity contribution >= 4 is 23.1 Å². The van der Waals surface area contributed by atoms with E-state index in [9.17, 15) is 4.79 Å². The summed E-state index contributed by atoms with van der Waals surface area (Å²) in [5, 5.41) is 5.02. The second kappa shape index (κ2) is 7.75. The highest BCUT2D eigenvalue weighted by molar-refractivity contribution is 7.10. The summed E-state index contributed by atoms with van der Waals surface area (Å²) in [5.74, 6) is 1.73. The number of rotatable bonds is 6. The topological polar surface area (TPSA) is 58.1 Å². The van der Waals surface area contributed by atoms with Gasteiger partial charge in [-0.15, -0.1) is 11.3 Å². The molecule has 3 rings (SSSR count). The number of aryl methyl sites for hydroxylation is 3. The van der Waals surface area contributed by atoms with E-state index >= 15 is 0 Å². The van der Waals surface area contributed by atoms with Gasteiger partial charge < -0.3 is 10.2 Å². The lowest BCUT2D eigenvalue weighted by Gasteiger charge is -2.17. The van der Waals surface area contributed by atoms with Crippen LogP contribution in [0.4, 0.5) is 5.82 Å². The Morgan fingerprint density at radius 1 is 1.29 bits per heavy atom. The van der Waals surface area contributed by atoms with Gasteiger partial charge in [-0.3, -0.25) is 4.79 Å². The van der Waals surface area contributed by atoms with Gasteiger partial charge in [-0.25, -0.2) is 9.97 Å². The van der Waals surface area contributed by atoms with Gasteiger partial charge in [0.2, 0.25) is 5.91 Å². The zero-order valence-electron chi connectivity index (χ0n) is 14.3. The Bertz CT molecular complexity index is 707. The first-order valence-electron chi connectivity index (χ1n) is 8.51. The zero-order chi connectivity index (χ0) is 16.9. The molecule has 0 atom stereocenters. The number of anilines is 1. The molecular weight excluding hydrogens is 320 g/mol. The van der Waals surface area contributed by atoms with Gasteiger partial charge >= 0.3 is 0 Å². The monoisotopic (exact) mass is 344 g/mol. The third kappa shape index (κ3) is 4.32. The number of hydrogen-bond donors (Lipinski definition) is 1. The van der Waals surface area contributed by atoms with Gasteiger partial charge in [0, 0.05) is 36.1 Å². The average molecular weight is 344 g/mol. The molecule has 1 saturated heterocycles. The maximum atomic E-state index is 12.1. The SMILES string of the molecule is Cc1cc(N2CCCC2)nc(CNC(=O)CCc2sccc2C)n1. The van der Waals surface area contributed by atoms with Crippen LogP contribution in [0.3, 0.4) is 0 Å². The van der Waals surface area contributed by atoms with Crippen LogP contribution in [0.1, 0.15) is 41.2 Å². The molecule has 24 heavy (non-hydrogen) atoms. The molecule has 3 heterocycles. The lowest BCUT2D eigenvalue weighted by molar-refractivity contribution is -0.121. The molecule has 0 aromatic carbocycles. The van der Waals surface area contributed by atoms with Crippen molar-refractivity contribution < 1.29 is 4.79 Å². The van der Waals surface area contributed by atoms with Crippen LogP contribution in [0, 0.1) is 13.8 Å². The van der Waals surface area contributed by atoms with Crippen LogP contribution in [0.25, 0.3) is 0 Å². The number of thiophene rings is 1. The predicted octanol–water partition coefficient (Wildman–Crippen LogP) is 3.00. The van der Waals surface area contributed by atoms with Gasteiger partial charge in [-0.05, 0) is 50.1 Å². The van der Waals surface area contributed by atoms with Crippen LogP contribution in [0.5, 0.6) is 0 Å². The average Bonchev–Trinajstić information content (AvgIpc) is 3.22. The smallest absolute Gasteiger partial charge is 0.220 e. The van der Waals surface area contributed by atoms with Gasteiger partial charge in [0.05, 0.1) is 6.54 Å². The normalized spacial score (nSPS) is 14.2. The van der Waals surface area contributed by atoms with E-state index in [4.69, 9.17) is 0 Å². The molecule has 1 aliphatic rings. The van der Waals surface area contributed by atoms with Crippen molar-refractivity contribution in [2.45, 2.75) is 46.1 Å². The molecule has 2 aromatic heterocycles. The van der Waals surface area contributed by atoms with E-state index in [1.54, 1.807) is 11.3 Å². The van der Waals surface area contributed by atoms with Crippen molar-refractivity contribution in [2.24, 2.45) is 0 Å². The number of carbonyl (C=O) groups excluding carboxylic acids is 1. The van der Waals surface area contributed by atoms with Crippen molar-refractivity contribution in [2.75, 3.05) is 18.0 Å². The number of amides is 1. The first kappa shape index (κ1) is 16.9. The summed E-state index contributed by atoms with van der Waals surface area (Å²) in [6, 6.07) is 4.12. The summed E-state index contributed by atoms with van der Waals surface area (Å²) in [6.45, 7) is 6.58. The highest BCUT2D eigenvalue weighted by Crippen LogP contribution is 2.19. The summed E-state index contributed by atoms with van der Waals surface area (Å²) in [4.78, 5) is 24.7. The number of aromatic nitrogens is 2. The van der Waals surface area contributed by atoms with Gasteiger partial charge in [0.15, 0.2) is 0 Å². The number of nitrogens with zero attached hydrogens (tertiary/aromatic N) is 3. The van der Waals surface area contributed by atoms with Crippen LogP contribution in [-0.4, -0.2) is 29.0 Å². The lowest BCUT2D eigenvalue weighted by atomic mass is 10.2. The molecule has 0 saturated carbocycles. The molecule has 128 valence electrons. The molecule has 0 aliphatic carbocycles. The van der Waals surface area contributed by atoms with E-state index in [0.29, 0.717) is 18.8 Å². The predicted molar refractivity (Wildman–Crippen MR) is 97.4 cm³/mol. The van der Waals surface area contributed by atoms with Gasteiger partial charge in [0.25, 0.3) is 0 Å². The van der Waals surface area contributed by atoms with Crippen molar-refractivity contribution in [1.82, 2.24) is 15.3 Å². The molecule has 0 spiro atoms. The second-order valence-electron chi connectivity index (χ2n) is 6.28.